The molecule has 0 radical (unpaired) electrons. The Labute approximate surface area is 110 Å². The fourth-order valence-electron chi connectivity index (χ4n) is 2.39. The lowest BCUT2D eigenvalue weighted by Crippen LogP contribution is -2.14. The van der Waals surface area contributed by atoms with Crippen molar-refractivity contribution in [3.05, 3.63) is 22.0 Å². The van der Waals surface area contributed by atoms with Gasteiger partial charge < -0.3 is 4.74 Å². The zero-order valence-electron chi connectivity index (χ0n) is 10.9. The molecule has 0 N–H and O–H groups in total. The van der Waals surface area contributed by atoms with Crippen molar-refractivity contribution in [1.29, 1.82) is 0 Å². The summed E-state index contributed by atoms with van der Waals surface area (Å²) in [6.07, 6.45) is 6.61. The van der Waals surface area contributed by atoms with E-state index in [-0.39, 0.29) is 24.0 Å². The van der Waals surface area contributed by atoms with Crippen molar-refractivity contribution >= 4 is 11.7 Å². The molecule has 0 amide bonds. The number of hydrogen-bond donors (Lipinski definition) is 0. The van der Waals surface area contributed by atoms with Gasteiger partial charge in [0.25, 0.3) is 0 Å². The van der Waals surface area contributed by atoms with Crippen LogP contribution in [0, 0.1) is 10.1 Å². The monoisotopic (exact) mass is 267 g/mol. The van der Waals surface area contributed by atoms with Crippen molar-refractivity contribution in [2.24, 2.45) is 0 Å². The van der Waals surface area contributed by atoms with E-state index in [1.807, 2.05) is 0 Å². The summed E-state index contributed by atoms with van der Waals surface area (Å²) in [6, 6.07) is 0.149. The molecule has 19 heavy (non-hydrogen) atoms. The summed E-state index contributed by atoms with van der Waals surface area (Å²) < 4.78 is 6.36. The first-order valence-corrected chi connectivity index (χ1v) is 6.54. The van der Waals surface area contributed by atoms with Crippen molar-refractivity contribution in [2.75, 3.05) is 6.61 Å². The predicted molar refractivity (Wildman–Crippen MR) is 67.0 cm³/mol. The lowest BCUT2D eigenvalue weighted by atomic mass is 9.96. The Balaban J connectivity index is 2.28. The number of aromatic nitrogens is 2. The number of nitro groups is 1. The van der Waals surface area contributed by atoms with Gasteiger partial charge in [-0.15, -0.1) is 0 Å². The van der Waals surface area contributed by atoms with Gasteiger partial charge in [-0.3, -0.25) is 14.8 Å². The van der Waals surface area contributed by atoms with Crippen LogP contribution < -0.4 is 0 Å². The highest BCUT2D eigenvalue weighted by molar-refractivity contribution is 5.91. The summed E-state index contributed by atoms with van der Waals surface area (Å²) in [6.45, 7) is 1.83. The maximum absolute atomic E-state index is 11.7. The molecule has 1 aliphatic carbocycles. The highest BCUT2D eigenvalue weighted by Crippen LogP contribution is 2.30. The average Bonchev–Trinajstić information content (AvgIpc) is 2.85. The van der Waals surface area contributed by atoms with Gasteiger partial charge in [-0.1, -0.05) is 19.3 Å². The van der Waals surface area contributed by atoms with E-state index in [9.17, 15) is 14.9 Å². The quantitative estimate of drug-likeness (QED) is 0.475. The van der Waals surface area contributed by atoms with Crippen LogP contribution in [0.4, 0.5) is 5.69 Å². The number of carbonyl (C=O) groups excluding carboxylic acids is 1. The Kier molecular flexibility index (Phi) is 4.13. The molecule has 0 aliphatic heterocycles. The van der Waals surface area contributed by atoms with Gasteiger partial charge in [-0.05, 0) is 19.8 Å². The molecule has 1 fully saturated rings. The Morgan fingerprint density at radius 1 is 1.53 bits per heavy atom. The van der Waals surface area contributed by atoms with Crippen LogP contribution in [0.25, 0.3) is 0 Å². The van der Waals surface area contributed by atoms with E-state index >= 15 is 0 Å². The highest BCUT2D eigenvalue weighted by Gasteiger charge is 2.29. The number of ether oxygens (including phenoxy) is 1. The van der Waals surface area contributed by atoms with Crippen molar-refractivity contribution in [3.63, 3.8) is 0 Å². The van der Waals surface area contributed by atoms with Crippen LogP contribution in [0.5, 0.6) is 0 Å². The molecule has 1 heterocycles. The lowest BCUT2D eigenvalue weighted by Gasteiger charge is -2.21. The summed E-state index contributed by atoms with van der Waals surface area (Å²) >= 11 is 0. The van der Waals surface area contributed by atoms with E-state index in [2.05, 4.69) is 5.10 Å². The van der Waals surface area contributed by atoms with Crippen LogP contribution in [-0.4, -0.2) is 27.3 Å². The second-order valence-corrected chi connectivity index (χ2v) is 4.61. The summed E-state index contributed by atoms with van der Waals surface area (Å²) in [5, 5.41) is 15.0. The molecule has 2 rings (SSSR count). The van der Waals surface area contributed by atoms with Gasteiger partial charge in [-0.25, -0.2) is 4.79 Å². The van der Waals surface area contributed by atoms with Crippen molar-refractivity contribution in [2.45, 2.75) is 45.1 Å². The topological polar surface area (TPSA) is 87.3 Å². The zero-order valence-corrected chi connectivity index (χ0v) is 10.9. The Morgan fingerprint density at radius 2 is 2.21 bits per heavy atom. The molecule has 0 atom stereocenters. The molecule has 7 heteroatoms. The minimum Gasteiger partial charge on any atom is -0.461 e. The normalized spacial score (nSPS) is 16.3. The van der Waals surface area contributed by atoms with Crippen molar-refractivity contribution in [3.8, 4) is 0 Å². The first-order chi connectivity index (χ1) is 9.13. The van der Waals surface area contributed by atoms with E-state index in [4.69, 9.17) is 4.74 Å². The summed E-state index contributed by atoms with van der Waals surface area (Å²) in [7, 11) is 0. The molecule has 0 unspecified atom stereocenters. The Bertz CT molecular complexity index is 477. The van der Waals surface area contributed by atoms with Gasteiger partial charge in [-0.2, -0.15) is 5.10 Å². The average molecular weight is 267 g/mol. The molecule has 0 aromatic carbocycles. The second-order valence-electron chi connectivity index (χ2n) is 4.61. The molecule has 0 saturated heterocycles. The fourth-order valence-corrected chi connectivity index (χ4v) is 2.39. The number of carbonyl (C=O) groups is 1. The predicted octanol–water partition coefficient (Wildman–Crippen LogP) is 2.47. The second kappa shape index (κ2) is 5.81. The molecular weight excluding hydrogens is 250 g/mol. The minimum absolute atomic E-state index is 0.149. The van der Waals surface area contributed by atoms with Crippen LogP contribution in [-0.2, 0) is 4.74 Å². The zero-order chi connectivity index (χ0) is 13.8. The molecule has 1 aromatic heterocycles. The molecule has 7 nitrogen and oxygen atoms in total. The van der Waals surface area contributed by atoms with Gasteiger partial charge >= 0.3 is 11.7 Å². The third kappa shape index (κ3) is 2.91. The smallest absolute Gasteiger partial charge is 0.366 e. The van der Waals surface area contributed by atoms with Crippen LogP contribution in [0.1, 0.15) is 55.6 Å². The van der Waals surface area contributed by atoms with Gasteiger partial charge in [0.15, 0.2) is 0 Å². The molecule has 104 valence electrons. The third-order valence-electron chi connectivity index (χ3n) is 3.33. The molecule has 0 bridgehead atoms. The summed E-state index contributed by atoms with van der Waals surface area (Å²) in [5.74, 6) is -0.733. The molecular formula is C12H17N3O4. The van der Waals surface area contributed by atoms with Gasteiger partial charge in [0, 0.05) is 0 Å². The van der Waals surface area contributed by atoms with E-state index in [0.717, 1.165) is 25.7 Å². The van der Waals surface area contributed by atoms with Crippen molar-refractivity contribution < 1.29 is 14.5 Å². The first-order valence-electron chi connectivity index (χ1n) is 6.54. The largest absolute Gasteiger partial charge is 0.461 e. The fraction of sp³-hybridized carbons (Fsp3) is 0.667. The lowest BCUT2D eigenvalue weighted by molar-refractivity contribution is -0.385. The van der Waals surface area contributed by atoms with Gasteiger partial charge in [0.05, 0.1) is 17.6 Å². The molecule has 1 saturated carbocycles. The van der Waals surface area contributed by atoms with Crippen LogP contribution in [0.2, 0.25) is 0 Å². The van der Waals surface area contributed by atoms with E-state index < -0.39 is 10.9 Å². The third-order valence-corrected chi connectivity index (χ3v) is 3.33. The maximum Gasteiger partial charge on any atom is 0.366 e. The molecule has 1 aliphatic rings. The van der Waals surface area contributed by atoms with Crippen LogP contribution >= 0.6 is 0 Å². The molecule has 1 aromatic rings. The molecule has 0 spiro atoms. The maximum atomic E-state index is 11.7. The van der Waals surface area contributed by atoms with Gasteiger partial charge in [0.1, 0.15) is 6.20 Å². The summed E-state index contributed by atoms with van der Waals surface area (Å²) in [5.41, 5.74) is -0.471. The number of rotatable bonds is 4. The van der Waals surface area contributed by atoms with Crippen LogP contribution in [0.3, 0.4) is 0 Å². The van der Waals surface area contributed by atoms with E-state index in [1.54, 1.807) is 11.6 Å². The minimum atomic E-state index is -0.733. The Hall–Kier alpha value is -1.92. The number of hydrogen-bond acceptors (Lipinski definition) is 5. The number of esters is 1. The first kappa shape index (κ1) is 13.5. The van der Waals surface area contributed by atoms with Gasteiger partial charge in [0.2, 0.25) is 5.69 Å². The standard InChI is InChI=1S/C12H17N3O4/c1-2-19-12(16)11-10(15(17)18)8-14(13-11)9-6-4-3-5-7-9/h8-9H,2-7H2,1H3. The highest BCUT2D eigenvalue weighted by atomic mass is 16.6. The van der Waals surface area contributed by atoms with Crippen molar-refractivity contribution in [1.82, 2.24) is 9.78 Å². The SMILES string of the molecule is CCOC(=O)c1nn(C2CCCCC2)cc1[N+](=O)[O-]. The number of nitrogens with zero attached hydrogens (tertiary/aromatic N) is 3. The van der Waals surface area contributed by atoms with E-state index in [0.29, 0.717) is 0 Å². The Morgan fingerprint density at radius 3 is 2.79 bits per heavy atom. The van der Waals surface area contributed by atoms with E-state index in [1.165, 1.54) is 12.6 Å². The summed E-state index contributed by atoms with van der Waals surface area (Å²) in [4.78, 5) is 22.0. The van der Waals surface area contributed by atoms with Crippen LogP contribution in [0.15, 0.2) is 6.20 Å².